The second-order valence-corrected chi connectivity index (χ2v) is 4.45. The van der Waals surface area contributed by atoms with Crippen LogP contribution < -0.4 is 5.32 Å². The van der Waals surface area contributed by atoms with Crippen LogP contribution in [0.3, 0.4) is 0 Å². The SMILES string of the molecule is CCCN(CC(=O)OC)C(=O)CC1CCNC1. The van der Waals surface area contributed by atoms with Gasteiger partial charge in [-0.3, -0.25) is 9.59 Å². The monoisotopic (exact) mass is 242 g/mol. The molecule has 1 unspecified atom stereocenters. The Balaban J connectivity index is 2.43. The number of esters is 1. The summed E-state index contributed by atoms with van der Waals surface area (Å²) in [6, 6.07) is 0. The second-order valence-electron chi connectivity index (χ2n) is 4.45. The fraction of sp³-hybridized carbons (Fsp3) is 0.833. The summed E-state index contributed by atoms with van der Waals surface area (Å²) in [6.07, 6.45) is 2.43. The van der Waals surface area contributed by atoms with Gasteiger partial charge in [0.1, 0.15) is 6.54 Å². The molecule has 5 nitrogen and oxygen atoms in total. The van der Waals surface area contributed by atoms with Gasteiger partial charge in [-0.05, 0) is 31.8 Å². The highest BCUT2D eigenvalue weighted by molar-refractivity contribution is 5.82. The zero-order valence-electron chi connectivity index (χ0n) is 10.7. The van der Waals surface area contributed by atoms with Crippen LogP contribution in [0.5, 0.6) is 0 Å². The molecule has 1 amide bonds. The average Bonchev–Trinajstić information content (AvgIpc) is 2.81. The van der Waals surface area contributed by atoms with Gasteiger partial charge in [0, 0.05) is 13.0 Å². The summed E-state index contributed by atoms with van der Waals surface area (Å²) in [7, 11) is 1.35. The summed E-state index contributed by atoms with van der Waals surface area (Å²) in [5.41, 5.74) is 0. The minimum atomic E-state index is -0.351. The molecule has 0 aromatic heterocycles. The molecule has 0 aliphatic carbocycles. The summed E-state index contributed by atoms with van der Waals surface area (Å²) in [4.78, 5) is 24.8. The highest BCUT2D eigenvalue weighted by Crippen LogP contribution is 2.14. The maximum atomic E-state index is 12.0. The smallest absolute Gasteiger partial charge is 0.325 e. The number of carbonyl (C=O) groups excluding carboxylic acids is 2. The number of methoxy groups -OCH3 is 1. The van der Waals surface area contributed by atoms with Gasteiger partial charge < -0.3 is 15.0 Å². The van der Waals surface area contributed by atoms with Crippen molar-refractivity contribution in [3.63, 3.8) is 0 Å². The van der Waals surface area contributed by atoms with Crippen LogP contribution in [0.25, 0.3) is 0 Å². The molecule has 1 aliphatic heterocycles. The summed E-state index contributed by atoms with van der Waals surface area (Å²) in [5.74, 6) is 0.127. The van der Waals surface area contributed by atoms with E-state index in [-0.39, 0.29) is 18.4 Å². The molecule has 0 aromatic carbocycles. The van der Waals surface area contributed by atoms with E-state index in [1.165, 1.54) is 7.11 Å². The van der Waals surface area contributed by atoms with Crippen LogP contribution in [0.1, 0.15) is 26.2 Å². The van der Waals surface area contributed by atoms with E-state index in [1.807, 2.05) is 6.92 Å². The van der Waals surface area contributed by atoms with Crippen molar-refractivity contribution in [2.24, 2.45) is 5.92 Å². The number of carbonyl (C=O) groups is 2. The van der Waals surface area contributed by atoms with Crippen LogP contribution >= 0.6 is 0 Å². The summed E-state index contributed by atoms with van der Waals surface area (Å²) in [5, 5.41) is 3.24. The molecule has 1 N–H and O–H groups in total. The van der Waals surface area contributed by atoms with Crippen LogP contribution in [0.2, 0.25) is 0 Å². The van der Waals surface area contributed by atoms with Gasteiger partial charge in [0.2, 0.25) is 5.91 Å². The lowest BCUT2D eigenvalue weighted by molar-refractivity contribution is -0.147. The molecule has 98 valence electrons. The third-order valence-corrected chi connectivity index (χ3v) is 3.02. The standard InChI is InChI=1S/C12H22N2O3/c1-3-6-14(9-12(16)17-2)11(15)7-10-4-5-13-8-10/h10,13H,3-9H2,1-2H3. The predicted octanol–water partition coefficient (Wildman–Crippen LogP) is 0.398. The van der Waals surface area contributed by atoms with Crippen molar-refractivity contribution in [2.75, 3.05) is 33.3 Å². The van der Waals surface area contributed by atoms with E-state index < -0.39 is 0 Å². The Morgan fingerprint density at radius 1 is 1.47 bits per heavy atom. The minimum absolute atomic E-state index is 0.0611. The summed E-state index contributed by atoms with van der Waals surface area (Å²) < 4.78 is 4.60. The highest BCUT2D eigenvalue weighted by atomic mass is 16.5. The van der Waals surface area contributed by atoms with Gasteiger partial charge in [0.05, 0.1) is 7.11 Å². The maximum Gasteiger partial charge on any atom is 0.325 e. The molecule has 0 aromatic rings. The molecule has 1 atom stereocenters. The van der Waals surface area contributed by atoms with Crippen LogP contribution in [0.4, 0.5) is 0 Å². The lowest BCUT2D eigenvalue weighted by Gasteiger charge is -2.22. The van der Waals surface area contributed by atoms with E-state index in [9.17, 15) is 9.59 Å². The predicted molar refractivity (Wildman–Crippen MR) is 64.5 cm³/mol. The largest absolute Gasteiger partial charge is 0.468 e. The van der Waals surface area contributed by atoms with Gasteiger partial charge in [0.15, 0.2) is 0 Å². The molecular weight excluding hydrogens is 220 g/mol. The van der Waals surface area contributed by atoms with E-state index >= 15 is 0 Å². The van der Waals surface area contributed by atoms with E-state index in [2.05, 4.69) is 10.1 Å². The number of nitrogens with zero attached hydrogens (tertiary/aromatic N) is 1. The molecule has 0 spiro atoms. The van der Waals surface area contributed by atoms with Crippen molar-refractivity contribution in [3.05, 3.63) is 0 Å². The van der Waals surface area contributed by atoms with E-state index in [0.717, 1.165) is 25.9 Å². The number of ether oxygens (including phenoxy) is 1. The Labute approximate surface area is 102 Å². The van der Waals surface area contributed by atoms with Gasteiger partial charge in [-0.1, -0.05) is 6.92 Å². The number of nitrogens with one attached hydrogen (secondary N) is 1. The Hall–Kier alpha value is -1.10. The molecule has 1 saturated heterocycles. The first-order chi connectivity index (χ1) is 8.17. The van der Waals surface area contributed by atoms with Gasteiger partial charge in [-0.2, -0.15) is 0 Å². The highest BCUT2D eigenvalue weighted by Gasteiger charge is 2.22. The van der Waals surface area contributed by atoms with Gasteiger partial charge in [0.25, 0.3) is 0 Å². The van der Waals surface area contributed by atoms with Crippen LogP contribution in [0, 0.1) is 5.92 Å². The van der Waals surface area contributed by atoms with Crippen molar-refractivity contribution in [3.8, 4) is 0 Å². The Morgan fingerprint density at radius 2 is 2.24 bits per heavy atom. The zero-order chi connectivity index (χ0) is 12.7. The second kappa shape index (κ2) is 7.27. The van der Waals surface area contributed by atoms with Gasteiger partial charge in [-0.15, -0.1) is 0 Å². The average molecular weight is 242 g/mol. The third-order valence-electron chi connectivity index (χ3n) is 3.02. The fourth-order valence-electron chi connectivity index (χ4n) is 2.05. The molecule has 0 bridgehead atoms. The zero-order valence-corrected chi connectivity index (χ0v) is 10.7. The lowest BCUT2D eigenvalue weighted by atomic mass is 10.0. The Bertz CT molecular complexity index is 262. The van der Waals surface area contributed by atoms with Gasteiger partial charge >= 0.3 is 5.97 Å². The molecule has 0 saturated carbocycles. The third kappa shape index (κ3) is 4.73. The molecule has 1 fully saturated rings. The fourth-order valence-corrected chi connectivity index (χ4v) is 2.05. The van der Waals surface area contributed by atoms with E-state index in [1.54, 1.807) is 4.90 Å². The molecule has 5 heteroatoms. The summed E-state index contributed by atoms with van der Waals surface area (Å²) in [6.45, 7) is 4.58. The molecule has 1 rings (SSSR count). The van der Waals surface area contributed by atoms with Crippen molar-refractivity contribution in [2.45, 2.75) is 26.2 Å². The molecular formula is C12H22N2O3. The van der Waals surface area contributed by atoms with Crippen LogP contribution in [-0.4, -0.2) is 50.1 Å². The minimum Gasteiger partial charge on any atom is -0.468 e. The quantitative estimate of drug-likeness (QED) is 0.685. The number of hydrogen-bond acceptors (Lipinski definition) is 4. The van der Waals surface area contributed by atoms with Crippen molar-refractivity contribution in [1.82, 2.24) is 10.2 Å². The van der Waals surface area contributed by atoms with Gasteiger partial charge in [-0.25, -0.2) is 0 Å². The van der Waals surface area contributed by atoms with Crippen LogP contribution in [-0.2, 0) is 14.3 Å². The molecule has 1 aliphatic rings. The number of rotatable bonds is 6. The first kappa shape index (κ1) is 14.0. The Morgan fingerprint density at radius 3 is 2.76 bits per heavy atom. The number of amides is 1. The van der Waals surface area contributed by atoms with E-state index in [4.69, 9.17) is 0 Å². The Kier molecular flexibility index (Phi) is 5.97. The van der Waals surface area contributed by atoms with Crippen molar-refractivity contribution < 1.29 is 14.3 Å². The normalized spacial score (nSPS) is 19.1. The van der Waals surface area contributed by atoms with Crippen molar-refractivity contribution in [1.29, 1.82) is 0 Å². The molecule has 1 heterocycles. The van der Waals surface area contributed by atoms with Crippen LogP contribution in [0.15, 0.2) is 0 Å². The topological polar surface area (TPSA) is 58.6 Å². The molecule has 17 heavy (non-hydrogen) atoms. The summed E-state index contributed by atoms with van der Waals surface area (Å²) >= 11 is 0. The lowest BCUT2D eigenvalue weighted by Crippen LogP contribution is -2.37. The first-order valence-corrected chi connectivity index (χ1v) is 6.22. The molecule has 0 radical (unpaired) electrons. The van der Waals surface area contributed by atoms with Crippen molar-refractivity contribution >= 4 is 11.9 Å². The maximum absolute atomic E-state index is 12.0. The first-order valence-electron chi connectivity index (χ1n) is 6.22. The number of hydrogen-bond donors (Lipinski definition) is 1. The van der Waals surface area contributed by atoms with E-state index in [0.29, 0.717) is 18.9 Å².